The minimum atomic E-state index is -0.147. The number of hydrogen-bond acceptors (Lipinski definition) is 2. The van der Waals surface area contributed by atoms with Crippen LogP contribution in [-0.4, -0.2) is 58.3 Å². The molecule has 0 N–H and O–H groups in total. The summed E-state index contributed by atoms with van der Waals surface area (Å²) < 4.78 is 5.18. The molecule has 0 aromatic carbocycles. The van der Waals surface area contributed by atoms with Gasteiger partial charge < -0.3 is 16.6 Å². The van der Waals surface area contributed by atoms with Crippen molar-refractivity contribution >= 4 is 13.4 Å². The van der Waals surface area contributed by atoms with Gasteiger partial charge in [-0.1, -0.05) is 6.10 Å². The molecule has 1 rings (SSSR count). The van der Waals surface area contributed by atoms with Crippen molar-refractivity contribution in [2.45, 2.75) is 12.1 Å². The van der Waals surface area contributed by atoms with E-state index < -0.39 is 0 Å². The number of hydrogen-bond donors (Lipinski definition) is 0. The molecule has 0 aromatic heterocycles. The second-order valence-corrected chi connectivity index (χ2v) is 14.0. The maximum Gasteiger partial charge on any atom is 0.110 e. The molecule has 14 heavy (non-hydrogen) atoms. The first kappa shape index (κ1) is 18.6. The molecule has 0 bridgehead atoms. The fraction of sp³-hybridized carbons (Fsp3) is 0.875. The van der Waals surface area contributed by atoms with Crippen LogP contribution in [0.25, 0.3) is 0 Å². The van der Waals surface area contributed by atoms with Gasteiger partial charge in [0.25, 0.3) is 0 Å². The van der Waals surface area contributed by atoms with Crippen molar-refractivity contribution in [1.82, 2.24) is 4.90 Å². The second-order valence-electron chi connectivity index (χ2n) is 3.43. The molecule has 2 unspecified atom stereocenters. The number of rotatable bonds is 0. The van der Waals surface area contributed by atoms with Gasteiger partial charge in [-0.05, 0) is 13.6 Å². The zero-order chi connectivity index (χ0) is 10.4. The van der Waals surface area contributed by atoms with E-state index in [0.29, 0.717) is 0 Å². The first-order valence-corrected chi connectivity index (χ1v) is 11.1. The number of likely N-dealkylation sites (N-methyl/N-ethyl adjacent to an activating group) is 1. The van der Waals surface area contributed by atoms with Gasteiger partial charge in [-0.15, -0.1) is 0 Å². The van der Waals surface area contributed by atoms with Crippen LogP contribution in [0.1, 0.15) is 0 Å². The smallest absolute Gasteiger partial charge is 0.110 e. The molecular formula is C8H18BNOPWY-. The van der Waals surface area contributed by atoms with Crippen molar-refractivity contribution in [3.63, 3.8) is 0 Å². The van der Waals surface area contributed by atoms with Gasteiger partial charge in [-0.2, -0.15) is 0 Å². The van der Waals surface area contributed by atoms with Crippen molar-refractivity contribution in [3.8, 4) is 0 Å². The van der Waals surface area contributed by atoms with Gasteiger partial charge in [-0.25, -0.2) is 0 Å². The average Bonchev–Trinajstić information content (AvgIpc) is 1.80. The normalized spacial score (nSPS) is 27.5. The number of nitrogens with zero attached hydrogens (tertiary/aromatic N) is 1. The van der Waals surface area contributed by atoms with Crippen LogP contribution in [0.15, 0.2) is 0 Å². The molecular weight excluding hydrogens is 441 g/mol. The van der Waals surface area contributed by atoms with E-state index >= 15 is 0 Å². The summed E-state index contributed by atoms with van der Waals surface area (Å²) >= 11 is 1.78. The van der Waals surface area contributed by atoms with E-state index in [0.717, 1.165) is 13.1 Å². The van der Waals surface area contributed by atoms with E-state index in [9.17, 15) is 0 Å². The molecule has 0 saturated carbocycles. The molecule has 0 amide bonds. The predicted octanol–water partition coefficient (Wildman–Crippen LogP) is 0.565. The van der Waals surface area contributed by atoms with Crippen molar-refractivity contribution in [3.05, 3.63) is 6.92 Å². The van der Waals surface area contributed by atoms with Gasteiger partial charge in [0.05, 0.1) is 0 Å². The van der Waals surface area contributed by atoms with E-state index in [2.05, 4.69) is 25.2 Å². The number of ether oxygens (including phenoxy) is 1. The van der Waals surface area contributed by atoms with E-state index in [1.165, 1.54) is 0 Å². The largest absolute Gasteiger partial charge is 0.414 e. The Bertz CT molecular complexity index is 146. The molecule has 79 valence electrons. The summed E-state index contributed by atoms with van der Waals surface area (Å²) in [5.74, 6) is 0. The Hall–Kier alpha value is 2.21. The van der Waals surface area contributed by atoms with Crippen LogP contribution < -0.4 is 0 Å². The third kappa shape index (κ3) is 12.3. The minimum absolute atomic E-state index is 0. The van der Waals surface area contributed by atoms with Gasteiger partial charge in [-0.3, -0.25) is 0 Å². The molecule has 1 aliphatic rings. The predicted molar refractivity (Wildman–Crippen MR) is 57.4 cm³/mol. The summed E-state index contributed by atoms with van der Waals surface area (Å²) in [6.07, 6.45) is 0.0405. The van der Waals surface area contributed by atoms with Crippen LogP contribution in [0.5, 0.6) is 0 Å². The summed E-state index contributed by atoms with van der Waals surface area (Å²) in [4.78, 5) is 2.12. The minimum Gasteiger partial charge on any atom is -0.414 e. The third-order valence-electron chi connectivity index (χ3n) is 1.37. The fourth-order valence-corrected chi connectivity index (χ4v) is 1.06. The Labute approximate surface area is 126 Å². The van der Waals surface area contributed by atoms with Gasteiger partial charge in [0.1, 0.15) is 7.85 Å². The Morgan fingerprint density at radius 2 is 1.93 bits per heavy atom. The molecule has 1 saturated heterocycles. The van der Waals surface area contributed by atoms with Crippen molar-refractivity contribution < 1.29 is 56.3 Å². The Morgan fingerprint density at radius 3 is 2.21 bits per heavy atom. The third-order valence-corrected chi connectivity index (χ3v) is 1.37. The fourth-order valence-electron chi connectivity index (χ4n) is 1.06. The molecule has 1 fully saturated rings. The average molecular weight is 459 g/mol. The zero-order valence-electron chi connectivity index (χ0n) is 9.19. The summed E-state index contributed by atoms with van der Waals surface area (Å²) in [5.41, 5.74) is 0.204. The maximum absolute atomic E-state index is 5.51. The Morgan fingerprint density at radius 1 is 1.50 bits per heavy atom. The van der Waals surface area contributed by atoms with E-state index in [-0.39, 0.29) is 50.4 Å². The second kappa shape index (κ2) is 10.4. The van der Waals surface area contributed by atoms with Crippen LogP contribution >= 0.6 is 5.56 Å². The first-order valence-electron chi connectivity index (χ1n) is 4.31. The SMILES string of the molecule is C[PH](C)=[W].[B]C1CN(C)CC([CH2-])O1.[Y]. The molecule has 0 aromatic rings. The number of morpholine rings is 1. The molecule has 3 radical (unpaired) electrons. The first-order chi connectivity index (χ1) is 5.91. The van der Waals surface area contributed by atoms with Crippen LogP contribution in [0, 0.1) is 6.92 Å². The monoisotopic (exact) mass is 459 g/mol. The quantitative estimate of drug-likeness (QED) is 0.299. The molecule has 0 aliphatic carbocycles. The van der Waals surface area contributed by atoms with Crippen LogP contribution in [0.4, 0.5) is 0 Å². The Kier molecular flexibility index (Phi) is 13.8. The van der Waals surface area contributed by atoms with E-state index in [1.54, 1.807) is 18.8 Å². The Balaban J connectivity index is 0. The summed E-state index contributed by atoms with van der Waals surface area (Å²) in [5, 5.41) is 0. The van der Waals surface area contributed by atoms with Crippen LogP contribution in [-0.2, 0) is 56.3 Å². The van der Waals surface area contributed by atoms with Gasteiger partial charge in [0, 0.05) is 45.3 Å². The van der Waals surface area contributed by atoms with Crippen LogP contribution in [0.3, 0.4) is 0 Å². The zero-order valence-corrected chi connectivity index (χ0v) is 16.0. The molecule has 2 nitrogen and oxygen atoms in total. The van der Waals surface area contributed by atoms with E-state index in [1.807, 2.05) is 7.05 Å². The van der Waals surface area contributed by atoms with Gasteiger partial charge >= 0.3 is 37.7 Å². The molecule has 1 aliphatic heterocycles. The van der Waals surface area contributed by atoms with Gasteiger partial charge in [0.2, 0.25) is 0 Å². The molecule has 0 spiro atoms. The summed E-state index contributed by atoms with van der Waals surface area (Å²) in [7, 11) is 7.53. The molecule has 6 heteroatoms. The van der Waals surface area contributed by atoms with E-state index in [4.69, 9.17) is 12.6 Å². The summed E-state index contributed by atoms with van der Waals surface area (Å²) in [6.45, 7) is 10.1. The topological polar surface area (TPSA) is 12.5 Å². The van der Waals surface area contributed by atoms with Gasteiger partial charge in [0.15, 0.2) is 0 Å². The standard InChI is InChI=1S/C6H11BNO.C2H7P.W.Y/c1-5-3-8(2)4-6(7)9-5;1-3-2;;/h5-6H,1,3-4H2,2H3;3H,1-2H3;;/q-1;;;. The summed E-state index contributed by atoms with van der Waals surface area (Å²) in [6, 6.07) is -0.147. The van der Waals surface area contributed by atoms with Crippen molar-refractivity contribution in [1.29, 1.82) is 0 Å². The molecule has 1 heterocycles. The molecule has 2 atom stereocenters. The maximum atomic E-state index is 5.51. The van der Waals surface area contributed by atoms with Crippen molar-refractivity contribution in [2.24, 2.45) is 0 Å². The van der Waals surface area contributed by atoms with Crippen molar-refractivity contribution in [2.75, 3.05) is 33.5 Å². The van der Waals surface area contributed by atoms with Crippen LogP contribution in [0.2, 0.25) is 0 Å².